The molecule has 0 N–H and O–H groups in total. The first-order valence-electron chi connectivity index (χ1n) is 11.3. The summed E-state index contributed by atoms with van der Waals surface area (Å²) in [5.74, 6) is 2.18. The zero-order valence-electron chi connectivity index (χ0n) is 19.4. The van der Waals surface area contributed by atoms with Gasteiger partial charge in [0.2, 0.25) is 11.9 Å². The second-order valence-corrected chi connectivity index (χ2v) is 10.2. The van der Waals surface area contributed by atoms with Crippen LogP contribution in [0, 0.1) is 0 Å². The lowest BCUT2D eigenvalue weighted by Crippen LogP contribution is -2.33. The summed E-state index contributed by atoms with van der Waals surface area (Å²) < 4.78 is 0. The third kappa shape index (κ3) is 4.10. The summed E-state index contributed by atoms with van der Waals surface area (Å²) in [6.07, 6.45) is 3.61. The van der Waals surface area contributed by atoms with E-state index in [9.17, 15) is 0 Å². The number of hydrogen-bond acceptors (Lipinski definition) is 8. The van der Waals surface area contributed by atoms with E-state index in [1.54, 1.807) is 11.8 Å². The molecule has 0 radical (unpaired) electrons. The lowest BCUT2D eigenvalue weighted by atomic mass is 9.86. The molecule has 2 aliphatic heterocycles. The fraction of sp³-hybridized carbons (Fsp3) is 0.417. The predicted molar refractivity (Wildman–Crippen MR) is 135 cm³/mol. The normalized spacial score (nSPS) is 17.4. The molecule has 5 rings (SSSR count). The van der Waals surface area contributed by atoms with Crippen molar-refractivity contribution in [3.05, 3.63) is 52.2 Å². The van der Waals surface area contributed by atoms with Gasteiger partial charge in [-0.2, -0.15) is 4.98 Å². The van der Waals surface area contributed by atoms with Gasteiger partial charge in [-0.1, -0.05) is 41.9 Å². The Kier molecular flexibility index (Phi) is 6.05. The lowest BCUT2D eigenvalue weighted by Gasteiger charge is -2.35. The Bertz CT molecular complexity index is 1160. The van der Waals surface area contributed by atoms with Gasteiger partial charge in [0.05, 0.1) is 0 Å². The van der Waals surface area contributed by atoms with Crippen LogP contribution < -0.4 is 14.7 Å². The van der Waals surface area contributed by atoms with Crippen molar-refractivity contribution < 1.29 is 0 Å². The molecule has 172 valence electrons. The maximum atomic E-state index is 6.87. The Morgan fingerprint density at radius 1 is 0.818 bits per heavy atom. The molecule has 1 fully saturated rings. The zero-order chi connectivity index (χ0) is 23.1. The van der Waals surface area contributed by atoms with Crippen molar-refractivity contribution in [1.82, 2.24) is 19.9 Å². The molecule has 1 aromatic carbocycles. The average Bonchev–Trinajstić information content (AvgIpc) is 2.82. The van der Waals surface area contributed by atoms with Crippen molar-refractivity contribution in [1.29, 1.82) is 0 Å². The molecular weight excluding hydrogens is 454 g/mol. The van der Waals surface area contributed by atoms with Crippen LogP contribution in [0.15, 0.2) is 40.4 Å². The van der Waals surface area contributed by atoms with E-state index >= 15 is 0 Å². The molecule has 1 atom stereocenters. The Labute approximate surface area is 204 Å². The average molecular weight is 482 g/mol. The molecule has 9 heteroatoms. The molecule has 33 heavy (non-hydrogen) atoms. The number of rotatable bonds is 4. The summed E-state index contributed by atoms with van der Waals surface area (Å²) in [5, 5.41) is 2.28. The highest BCUT2D eigenvalue weighted by Crippen LogP contribution is 2.52. The fourth-order valence-corrected chi connectivity index (χ4v) is 5.86. The molecule has 1 saturated heterocycles. The van der Waals surface area contributed by atoms with E-state index in [4.69, 9.17) is 26.6 Å². The van der Waals surface area contributed by atoms with Gasteiger partial charge in [0.25, 0.3) is 0 Å². The van der Waals surface area contributed by atoms with Crippen LogP contribution in [0.1, 0.15) is 41.9 Å². The Morgan fingerprint density at radius 3 is 2.06 bits per heavy atom. The molecule has 1 unspecified atom stereocenters. The number of benzene rings is 1. The van der Waals surface area contributed by atoms with E-state index < -0.39 is 0 Å². The summed E-state index contributed by atoms with van der Waals surface area (Å²) in [7, 11) is 7.83. The van der Waals surface area contributed by atoms with Gasteiger partial charge in [0, 0.05) is 58.3 Å². The van der Waals surface area contributed by atoms with E-state index in [1.807, 2.05) is 44.1 Å². The van der Waals surface area contributed by atoms with Crippen LogP contribution in [-0.4, -0.2) is 61.2 Å². The van der Waals surface area contributed by atoms with Crippen molar-refractivity contribution in [2.24, 2.45) is 0 Å². The Hall–Kier alpha value is -2.58. The number of hydrogen-bond donors (Lipinski definition) is 0. The molecule has 0 amide bonds. The van der Waals surface area contributed by atoms with Crippen LogP contribution in [-0.2, 0) is 0 Å². The van der Waals surface area contributed by atoms with Crippen molar-refractivity contribution >= 4 is 41.1 Å². The van der Waals surface area contributed by atoms with Crippen molar-refractivity contribution in [3.63, 3.8) is 0 Å². The van der Waals surface area contributed by atoms with E-state index in [-0.39, 0.29) is 5.92 Å². The van der Waals surface area contributed by atoms with Gasteiger partial charge >= 0.3 is 0 Å². The van der Waals surface area contributed by atoms with Crippen LogP contribution in [0.3, 0.4) is 0 Å². The maximum Gasteiger partial charge on any atom is 0.227 e. The summed E-state index contributed by atoms with van der Waals surface area (Å²) >= 11 is 8.44. The van der Waals surface area contributed by atoms with Crippen molar-refractivity contribution in [3.8, 4) is 0 Å². The second kappa shape index (κ2) is 8.99. The summed E-state index contributed by atoms with van der Waals surface area (Å²) in [4.78, 5) is 25.8. The first-order chi connectivity index (χ1) is 15.9. The van der Waals surface area contributed by atoms with Gasteiger partial charge < -0.3 is 14.7 Å². The molecule has 4 heterocycles. The van der Waals surface area contributed by atoms with Crippen LogP contribution in [0.25, 0.3) is 0 Å². The number of aromatic nitrogens is 4. The highest BCUT2D eigenvalue weighted by molar-refractivity contribution is 7.99. The summed E-state index contributed by atoms with van der Waals surface area (Å²) in [6, 6.07) is 10.5. The van der Waals surface area contributed by atoms with Crippen molar-refractivity contribution in [2.45, 2.75) is 35.2 Å². The van der Waals surface area contributed by atoms with Crippen LogP contribution >= 0.6 is 23.4 Å². The quantitative estimate of drug-likeness (QED) is 0.389. The number of piperidine rings is 1. The molecule has 0 aliphatic carbocycles. The highest BCUT2D eigenvalue weighted by Gasteiger charge is 2.37. The van der Waals surface area contributed by atoms with E-state index in [0.717, 1.165) is 45.6 Å². The Morgan fingerprint density at radius 2 is 1.42 bits per heavy atom. The lowest BCUT2D eigenvalue weighted by molar-refractivity contribution is 0.568. The van der Waals surface area contributed by atoms with E-state index in [0.29, 0.717) is 17.0 Å². The fourth-order valence-electron chi connectivity index (χ4n) is 4.45. The molecule has 2 aliphatic rings. The maximum absolute atomic E-state index is 6.87. The van der Waals surface area contributed by atoms with Crippen LogP contribution in [0.4, 0.5) is 17.7 Å². The predicted octanol–water partition coefficient (Wildman–Crippen LogP) is 4.69. The standard InChI is InChI=1S/C24H28ClN7S/c1-30(2)23-26-19(25)17-16(15-11-7-5-8-12-15)18-20(32-13-9-6-10-14-32)27-24(31(3)4)29-22(18)33-21(17)28-23/h5,7-8,11-12,16H,6,9-10,13-14H2,1-4H3. The molecule has 0 spiro atoms. The van der Waals surface area contributed by atoms with E-state index in [2.05, 4.69) is 34.1 Å². The molecular formula is C24H28ClN7S. The molecule has 3 aromatic rings. The third-order valence-electron chi connectivity index (χ3n) is 6.09. The topological polar surface area (TPSA) is 61.3 Å². The van der Waals surface area contributed by atoms with Gasteiger partial charge in [0.1, 0.15) is 21.0 Å². The van der Waals surface area contributed by atoms with Gasteiger partial charge in [-0.05, 0) is 36.6 Å². The monoisotopic (exact) mass is 481 g/mol. The first kappa shape index (κ1) is 22.2. The Balaban J connectivity index is 1.78. The number of nitrogens with zero attached hydrogens (tertiary/aromatic N) is 7. The van der Waals surface area contributed by atoms with Gasteiger partial charge in [-0.25, -0.2) is 15.0 Å². The summed E-state index contributed by atoms with van der Waals surface area (Å²) in [5.41, 5.74) is 3.18. The van der Waals surface area contributed by atoms with Gasteiger partial charge in [0.15, 0.2) is 0 Å². The highest BCUT2D eigenvalue weighted by atomic mass is 35.5. The number of halogens is 1. The van der Waals surface area contributed by atoms with E-state index in [1.165, 1.54) is 19.3 Å². The zero-order valence-corrected chi connectivity index (χ0v) is 21.0. The minimum atomic E-state index is -0.130. The van der Waals surface area contributed by atoms with Crippen LogP contribution in [0.2, 0.25) is 5.15 Å². The first-order valence-corrected chi connectivity index (χ1v) is 12.4. The minimum absolute atomic E-state index is 0.130. The largest absolute Gasteiger partial charge is 0.356 e. The molecule has 0 saturated carbocycles. The molecule has 0 bridgehead atoms. The van der Waals surface area contributed by atoms with Crippen molar-refractivity contribution in [2.75, 3.05) is 56.0 Å². The van der Waals surface area contributed by atoms with Gasteiger partial charge in [-0.3, -0.25) is 0 Å². The smallest absolute Gasteiger partial charge is 0.227 e. The number of fused-ring (bicyclic) bond motifs is 2. The SMILES string of the molecule is CN(C)c1nc(Cl)c2c(n1)Sc1nc(N(C)C)nc(N3CCCCC3)c1C2c1ccccc1. The second-order valence-electron chi connectivity index (χ2n) is 8.88. The number of anilines is 3. The van der Waals surface area contributed by atoms with Gasteiger partial charge in [-0.15, -0.1) is 0 Å². The minimum Gasteiger partial charge on any atom is -0.356 e. The summed E-state index contributed by atoms with van der Waals surface area (Å²) in [6.45, 7) is 2.00. The molecule has 7 nitrogen and oxygen atoms in total. The van der Waals surface area contributed by atoms with Crippen LogP contribution in [0.5, 0.6) is 0 Å². The molecule has 2 aromatic heterocycles. The third-order valence-corrected chi connectivity index (χ3v) is 7.39.